The fraction of sp³-hybridized carbons (Fsp3) is 0.227. The van der Waals surface area contributed by atoms with E-state index >= 15 is 0 Å². The summed E-state index contributed by atoms with van der Waals surface area (Å²) >= 11 is 0. The highest BCUT2D eigenvalue weighted by Gasteiger charge is 2.28. The molecular weight excluding hydrogens is 711 g/mol. The van der Waals surface area contributed by atoms with Crippen LogP contribution in [0.15, 0.2) is 122 Å². The number of esters is 1. The van der Waals surface area contributed by atoms with Crippen molar-refractivity contribution in [1.29, 1.82) is 0 Å². The number of rotatable bonds is 20. The summed E-state index contributed by atoms with van der Waals surface area (Å²) in [4.78, 5) is 43.2. The van der Waals surface area contributed by atoms with Gasteiger partial charge in [-0.3, -0.25) is 26.0 Å². The number of ether oxygens (including phenoxy) is 4. The third-order valence-corrected chi connectivity index (χ3v) is 8.93. The second kappa shape index (κ2) is 20.0. The smallest absolute Gasteiger partial charge is 0.338 e. The Kier molecular flexibility index (Phi) is 14.4. The summed E-state index contributed by atoms with van der Waals surface area (Å²) in [6.07, 6.45) is 4.07. The molecule has 0 saturated heterocycles. The van der Waals surface area contributed by atoms with Gasteiger partial charge in [-0.15, -0.1) is 0 Å². The molecule has 5 aromatic rings. The fourth-order valence-corrected chi connectivity index (χ4v) is 6.32. The Morgan fingerprint density at radius 1 is 0.732 bits per heavy atom. The number of nitrogens with one attached hydrogen (secondary N) is 3. The van der Waals surface area contributed by atoms with Crippen LogP contribution in [0.1, 0.15) is 18.4 Å². The molecule has 56 heavy (non-hydrogen) atoms. The number of guanidine groups is 1. The van der Waals surface area contributed by atoms with Crippen molar-refractivity contribution in [3.63, 3.8) is 0 Å². The van der Waals surface area contributed by atoms with Crippen LogP contribution in [0, 0.1) is 0 Å². The number of benzene rings is 5. The lowest BCUT2D eigenvalue weighted by atomic mass is 9.92. The van der Waals surface area contributed by atoms with E-state index in [9.17, 15) is 14.4 Å². The molecule has 0 bridgehead atoms. The first-order chi connectivity index (χ1) is 27.2. The molecule has 12 nitrogen and oxygen atoms in total. The van der Waals surface area contributed by atoms with Crippen molar-refractivity contribution in [3.05, 3.63) is 128 Å². The molecule has 0 aliphatic rings. The zero-order valence-electron chi connectivity index (χ0n) is 31.4. The number of carbonyl (C=O) groups is 3. The van der Waals surface area contributed by atoms with Crippen molar-refractivity contribution in [2.24, 2.45) is 11.5 Å². The molecule has 7 N–H and O–H groups in total. The molecule has 0 aromatic heterocycles. The molecular formula is C44H48N5O7+. The van der Waals surface area contributed by atoms with E-state index in [-0.39, 0.29) is 25.4 Å². The van der Waals surface area contributed by atoms with Gasteiger partial charge in [-0.2, -0.15) is 0 Å². The predicted molar refractivity (Wildman–Crippen MR) is 218 cm³/mol. The van der Waals surface area contributed by atoms with Crippen LogP contribution in [0.4, 0.5) is 0 Å². The van der Waals surface area contributed by atoms with Gasteiger partial charge in [0, 0.05) is 17.5 Å². The highest BCUT2D eigenvalue weighted by Crippen LogP contribution is 2.45. The molecule has 0 heterocycles. The lowest BCUT2D eigenvalue weighted by Gasteiger charge is -2.23. The van der Waals surface area contributed by atoms with Gasteiger partial charge in [0.1, 0.15) is 42.5 Å². The summed E-state index contributed by atoms with van der Waals surface area (Å²) in [6, 6.07) is 28.6. The van der Waals surface area contributed by atoms with E-state index in [1.54, 1.807) is 36.4 Å². The van der Waals surface area contributed by atoms with Crippen LogP contribution in [0.3, 0.4) is 0 Å². The second-order valence-electron chi connectivity index (χ2n) is 12.9. The lowest BCUT2D eigenvalue weighted by molar-refractivity contribution is -0.459. The summed E-state index contributed by atoms with van der Waals surface area (Å²) in [5.41, 5.74) is 13.4. The zero-order valence-corrected chi connectivity index (χ0v) is 31.4. The van der Waals surface area contributed by atoms with Crippen LogP contribution in [0.25, 0.3) is 32.7 Å². The van der Waals surface area contributed by atoms with Crippen LogP contribution < -0.4 is 41.3 Å². The molecule has 0 aliphatic heterocycles. The molecule has 0 aliphatic carbocycles. The van der Waals surface area contributed by atoms with Gasteiger partial charge >= 0.3 is 11.9 Å². The standard InChI is InChI=1S/C44H47N5O7/c1-4-25-54-32-20-16-29(17-21-32)27-36(43(52)53-3)49-42(51)35(15-10-24-47-44(45)46)48-39(50)28-56-38-23-19-31-12-7-9-14-34(31)41(38)40-33-13-8-6-11-30(33)18-22-37(40)55-26-5-2/h4-9,11-14,16-23,35-36H,1-2,10,15,24-28H2,3H3,(H,48,50)(H,49,51)(H4,45,46,47)/p+1/t35-,36+/m1/s1. The zero-order chi connectivity index (χ0) is 39.9. The van der Waals surface area contributed by atoms with Gasteiger partial charge in [-0.25, -0.2) is 4.79 Å². The SMILES string of the molecule is C=CCOc1ccc(C[C@H](NC(=O)[C@@H](CCC[NH+]=C(N)N)NC(=O)COc2ccc3ccccc3c2-c2c(OCC=C)ccc3ccccc23)C(=O)OC)cc1. The number of hydrogen-bond acceptors (Lipinski definition) is 7. The second-order valence-corrected chi connectivity index (χ2v) is 12.9. The summed E-state index contributed by atoms with van der Waals surface area (Å²) < 4.78 is 23.0. The van der Waals surface area contributed by atoms with Gasteiger partial charge in [0.25, 0.3) is 5.91 Å². The van der Waals surface area contributed by atoms with Gasteiger partial charge in [-0.05, 0) is 64.2 Å². The van der Waals surface area contributed by atoms with Gasteiger partial charge < -0.3 is 29.6 Å². The van der Waals surface area contributed by atoms with E-state index in [0.29, 0.717) is 36.8 Å². The Hall–Kier alpha value is -6.82. The van der Waals surface area contributed by atoms with Crippen molar-refractivity contribution in [2.75, 3.05) is 33.5 Å². The van der Waals surface area contributed by atoms with E-state index < -0.39 is 36.5 Å². The van der Waals surface area contributed by atoms with Crippen LogP contribution >= 0.6 is 0 Å². The van der Waals surface area contributed by atoms with Gasteiger partial charge in [0.15, 0.2) is 6.61 Å². The van der Waals surface area contributed by atoms with Gasteiger partial charge in [0.2, 0.25) is 5.91 Å². The third kappa shape index (κ3) is 10.7. The van der Waals surface area contributed by atoms with E-state index in [1.165, 1.54) is 7.11 Å². The maximum atomic E-state index is 13.8. The topological polar surface area (TPSA) is 178 Å². The molecule has 12 heteroatoms. The van der Waals surface area contributed by atoms with Crippen LogP contribution in [0.5, 0.6) is 17.2 Å². The maximum absolute atomic E-state index is 13.8. The largest absolute Gasteiger partial charge is 0.490 e. The molecule has 2 atom stereocenters. The fourth-order valence-electron chi connectivity index (χ4n) is 6.32. The predicted octanol–water partition coefficient (Wildman–Crippen LogP) is 3.69. The first-order valence-corrected chi connectivity index (χ1v) is 18.2. The molecule has 0 unspecified atom stereocenters. The summed E-state index contributed by atoms with van der Waals surface area (Å²) in [6.45, 7) is 8.04. The first kappa shape index (κ1) is 40.4. The van der Waals surface area contributed by atoms with Crippen molar-refractivity contribution in [2.45, 2.75) is 31.3 Å². The Morgan fingerprint density at radius 3 is 1.91 bits per heavy atom. The van der Waals surface area contributed by atoms with Gasteiger partial charge in [0.05, 0.1) is 13.7 Å². The minimum atomic E-state index is -1.04. The van der Waals surface area contributed by atoms with E-state index in [2.05, 4.69) is 28.8 Å². The maximum Gasteiger partial charge on any atom is 0.338 e. The lowest BCUT2D eigenvalue weighted by Crippen LogP contribution is -2.78. The van der Waals surface area contributed by atoms with Crippen LogP contribution in [0.2, 0.25) is 0 Å². The third-order valence-electron chi connectivity index (χ3n) is 8.93. The minimum Gasteiger partial charge on any atom is -0.490 e. The molecule has 0 radical (unpaired) electrons. The summed E-state index contributed by atoms with van der Waals surface area (Å²) in [5, 5.41) is 9.40. The van der Waals surface area contributed by atoms with Crippen molar-refractivity contribution < 1.29 is 38.3 Å². The molecule has 290 valence electrons. The normalized spacial score (nSPS) is 11.8. The summed E-state index contributed by atoms with van der Waals surface area (Å²) in [5.74, 6) is -0.0131. The number of fused-ring (bicyclic) bond motifs is 2. The monoisotopic (exact) mass is 758 g/mol. The molecule has 0 saturated carbocycles. The van der Waals surface area contributed by atoms with Crippen molar-refractivity contribution in [3.8, 4) is 28.4 Å². The molecule has 2 amide bonds. The number of nitrogens with two attached hydrogens (primary N) is 2. The number of amides is 2. The number of methoxy groups -OCH3 is 1. The molecule has 0 fully saturated rings. The first-order valence-electron chi connectivity index (χ1n) is 18.2. The number of hydrogen-bond donors (Lipinski definition) is 5. The van der Waals surface area contributed by atoms with Crippen LogP contribution in [-0.2, 0) is 25.5 Å². The highest BCUT2D eigenvalue weighted by molar-refractivity contribution is 6.09. The quantitative estimate of drug-likeness (QED) is 0.0261. The highest BCUT2D eigenvalue weighted by atomic mass is 16.5. The van der Waals surface area contributed by atoms with E-state index in [4.69, 9.17) is 30.4 Å². The Labute approximate surface area is 326 Å². The van der Waals surface area contributed by atoms with Gasteiger partial charge in [-0.1, -0.05) is 98.1 Å². The average Bonchev–Trinajstić information content (AvgIpc) is 3.21. The molecule has 5 aromatic carbocycles. The Balaban J connectivity index is 1.39. The average molecular weight is 759 g/mol. The summed E-state index contributed by atoms with van der Waals surface area (Å²) in [7, 11) is 1.25. The molecule has 5 rings (SSSR count). The van der Waals surface area contributed by atoms with Crippen molar-refractivity contribution >= 4 is 45.3 Å². The minimum absolute atomic E-state index is 0.0329. The molecule has 0 spiro atoms. The number of carbonyl (C=O) groups excluding carboxylic acids is 3. The Bertz CT molecular complexity index is 2200. The Morgan fingerprint density at radius 2 is 1.32 bits per heavy atom. The van der Waals surface area contributed by atoms with E-state index in [1.807, 2.05) is 72.8 Å². The van der Waals surface area contributed by atoms with Crippen LogP contribution in [-0.4, -0.2) is 69.3 Å². The van der Waals surface area contributed by atoms with Crippen molar-refractivity contribution in [1.82, 2.24) is 10.6 Å². The van der Waals surface area contributed by atoms with E-state index in [0.717, 1.165) is 38.2 Å².